The standard InChI is InChI=1S/C10H15N5O4S/c1-5-3-6(14-10(13)15-9(11)12)7(19-2)4-8(5)20(16,17)18/h3-4H,1-2H3,(H,16,17,18)(H6,11,12,13,14,15). The summed E-state index contributed by atoms with van der Waals surface area (Å²) in [5.41, 5.74) is 16.3. The summed E-state index contributed by atoms with van der Waals surface area (Å²) in [7, 11) is -3.04. The lowest BCUT2D eigenvalue weighted by atomic mass is 10.2. The van der Waals surface area contributed by atoms with Crippen LogP contribution in [-0.4, -0.2) is 32.0 Å². The second-order valence-corrected chi connectivity index (χ2v) is 5.16. The number of aliphatic imine (C=N–C) groups is 2. The molecule has 0 bridgehead atoms. The monoisotopic (exact) mass is 301 g/mol. The smallest absolute Gasteiger partial charge is 0.294 e. The average molecular weight is 301 g/mol. The van der Waals surface area contributed by atoms with E-state index in [0.29, 0.717) is 0 Å². The zero-order valence-electron chi connectivity index (χ0n) is 10.9. The fraction of sp³-hybridized carbons (Fsp3) is 0.200. The van der Waals surface area contributed by atoms with Gasteiger partial charge in [0.2, 0.25) is 5.96 Å². The maximum Gasteiger partial charge on any atom is 0.294 e. The van der Waals surface area contributed by atoms with E-state index in [1.54, 1.807) is 0 Å². The molecule has 1 aromatic rings. The highest BCUT2D eigenvalue weighted by atomic mass is 32.2. The Morgan fingerprint density at radius 1 is 1.30 bits per heavy atom. The van der Waals surface area contributed by atoms with Crippen LogP contribution in [0.25, 0.3) is 0 Å². The van der Waals surface area contributed by atoms with E-state index in [0.717, 1.165) is 6.07 Å². The third-order valence-electron chi connectivity index (χ3n) is 2.23. The third kappa shape index (κ3) is 3.83. The highest BCUT2D eigenvalue weighted by Gasteiger charge is 2.17. The van der Waals surface area contributed by atoms with Crippen molar-refractivity contribution in [3.05, 3.63) is 17.7 Å². The van der Waals surface area contributed by atoms with Gasteiger partial charge < -0.3 is 21.9 Å². The topological polar surface area (TPSA) is 166 Å². The molecule has 0 atom stereocenters. The summed E-state index contributed by atoms with van der Waals surface area (Å²) in [6, 6.07) is 2.50. The molecule has 0 spiro atoms. The minimum absolute atomic E-state index is 0.0944. The van der Waals surface area contributed by atoms with Gasteiger partial charge in [-0.05, 0) is 18.6 Å². The molecule has 7 N–H and O–H groups in total. The first-order valence-electron chi connectivity index (χ1n) is 5.25. The van der Waals surface area contributed by atoms with Gasteiger partial charge in [-0.15, -0.1) is 0 Å². The Labute approximate surface area is 115 Å². The van der Waals surface area contributed by atoms with E-state index in [4.69, 9.17) is 26.5 Å². The van der Waals surface area contributed by atoms with Gasteiger partial charge in [-0.25, -0.2) is 4.99 Å². The average Bonchev–Trinajstić information content (AvgIpc) is 2.26. The molecule has 0 amide bonds. The number of methoxy groups -OCH3 is 1. The Bertz CT molecular complexity index is 677. The number of hydrogen-bond donors (Lipinski definition) is 4. The molecule has 20 heavy (non-hydrogen) atoms. The Morgan fingerprint density at radius 3 is 2.35 bits per heavy atom. The first kappa shape index (κ1) is 15.7. The van der Waals surface area contributed by atoms with Crippen molar-refractivity contribution in [2.24, 2.45) is 27.2 Å². The van der Waals surface area contributed by atoms with E-state index < -0.39 is 10.1 Å². The van der Waals surface area contributed by atoms with Gasteiger partial charge in [0.15, 0.2) is 5.96 Å². The van der Waals surface area contributed by atoms with Crippen LogP contribution in [0.5, 0.6) is 5.75 Å². The predicted molar refractivity (Wildman–Crippen MR) is 74.6 cm³/mol. The number of nitrogens with zero attached hydrogens (tertiary/aromatic N) is 2. The molecule has 9 nitrogen and oxygen atoms in total. The van der Waals surface area contributed by atoms with Crippen LogP contribution >= 0.6 is 0 Å². The first-order chi connectivity index (χ1) is 9.15. The summed E-state index contributed by atoms with van der Waals surface area (Å²) >= 11 is 0. The van der Waals surface area contributed by atoms with Gasteiger partial charge in [-0.3, -0.25) is 4.55 Å². The molecule has 0 heterocycles. The number of benzene rings is 1. The molecule has 0 unspecified atom stereocenters. The molecule has 0 aliphatic carbocycles. The molecule has 0 aromatic heterocycles. The molecule has 10 heteroatoms. The molecule has 0 radical (unpaired) electrons. The Kier molecular flexibility index (Phi) is 4.53. The molecule has 0 saturated carbocycles. The van der Waals surface area contributed by atoms with E-state index in [9.17, 15) is 8.42 Å². The molecule has 0 fully saturated rings. The molecule has 110 valence electrons. The lowest BCUT2D eigenvalue weighted by molar-refractivity contribution is 0.413. The Hall–Kier alpha value is -2.33. The summed E-state index contributed by atoms with van der Waals surface area (Å²) in [5.74, 6) is -0.393. The van der Waals surface area contributed by atoms with Crippen molar-refractivity contribution in [2.45, 2.75) is 11.8 Å². The van der Waals surface area contributed by atoms with E-state index in [1.807, 2.05) is 0 Å². The molecular formula is C10H15N5O4S. The van der Waals surface area contributed by atoms with Crippen molar-refractivity contribution in [3.63, 3.8) is 0 Å². The lowest BCUT2D eigenvalue weighted by Crippen LogP contribution is -2.26. The number of guanidine groups is 2. The summed E-state index contributed by atoms with van der Waals surface area (Å²) in [5, 5.41) is 0. The van der Waals surface area contributed by atoms with E-state index in [1.165, 1.54) is 20.1 Å². The first-order valence-corrected chi connectivity index (χ1v) is 6.69. The molecule has 0 aliphatic rings. The van der Waals surface area contributed by atoms with Crippen LogP contribution in [0.3, 0.4) is 0 Å². The second kappa shape index (κ2) is 5.75. The van der Waals surface area contributed by atoms with Crippen molar-refractivity contribution >= 4 is 27.7 Å². The van der Waals surface area contributed by atoms with Crippen LogP contribution < -0.4 is 21.9 Å². The van der Waals surface area contributed by atoms with E-state index >= 15 is 0 Å². The highest BCUT2D eigenvalue weighted by molar-refractivity contribution is 7.85. The largest absolute Gasteiger partial charge is 0.494 e. The maximum atomic E-state index is 11.2. The molecule has 0 saturated heterocycles. The zero-order valence-corrected chi connectivity index (χ0v) is 11.7. The van der Waals surface area contributed by atoms with E-state index in [-0.39, 0.29) is 33.8 Å². The summed E-state index contributed by atoms with van der Waals surface area (Å²) in [6.45, 7) is 1.48. The van der Waals surface area contributed by atoms with Crippen LogP contribution in [0, 0.1) is 6.92 Å². The number of hydrogen-bond acceptors (Lipinski definition) is 4. The Morgan fingerprint density at radius 2 is 1.90 bits per heavy atom. The molecule has 1 aromatic carbocycles. The van der Waals surface area contributed by atoms with Crippen LogP contribution in [0.4, 0.5) is 5.69 Å². The molecule has 0 aliphatic heterocycles. The van der Waals surface area contributed by atoms with Crippen LogP contribution in [0.15, 0.2) is 27.0 Å². The summed E-state index contributed by atoms with van der Waals surface area (Å²) < 4.78 is 36.4. The van der Waals surface area contributed by atoms with Crippen molar-refractivity contribution in [1.82, 2.24) is 0 Å². The van der Waals surface area contributed by atoms with Crippen molar-refractivity contribution in [2.75, 3.05) is 7.11 Å². The highest BCUT2D eigenvalue weighted by Crippen LogP contribution is 2.32. The van der Waals surface area contributed by atoms with E-state index in [2.05, 4.69) is 9.98 Å². The van der Waals surface area contributed by atoms with Gasteiger partial charge >= 0.3 is 0 Å². The lowest BCUT2D eigenvalue weighted by Gasteiger charge is -2.09. The van der Waals surface area contributed by atoms with Crippen LogP contribution in [0.2, 0.25) is 0 Å². The van der Waals surface area contributed by atoms with Gasteiger partial charge in [0, 0.05) is 6.07 Å². The normalized spacial score (nSPS) is 12.1. The SMILES string of the molecule is COc1cc(S(=O)(=O)O)c(C)cc1N=C(N)N=C(N)N. The maximum absolute atomic E-state index is 11.2. The summed E-state index contributed by atoms with van der Waals surface area (Å²) in [4.78, 5) is 7.14. The quantitative estimate of drug-likeness (QED) is 0.330. The fourth-order valence-corrected chi connectivity index (χ4v) is 2.19. The van der Waals surface area contributed by atoms with Crippen LogP contribution in [0.1, 0.15) is 5.56 Å². The van der Waals surface area contributed by atoms with Gasteiger partial charge in [0.05, 0.1) is 7.11 Å². The van der Waals surface area contributed by atoms with Crippen molar-refractivity contribution in [3.8, 4) is 5.75 Å². The van der Waals surface area contributed by atoms with Gasteiger partial charge in [-0.2, -0.15) is 13.4 Å². The molecular weight excluding hydrogens is 286 g/mol. The van der Waals surface area contributed by atoms with Gasteiger partial charge in [-0.1, -0.05) is 0 Å². The zero-order chi connectivity index (χ0) is 15.5. The minimum atomic E-state index is -4.36. The van der Waals surface area contributed by atoms with Gasteiger partial charge in [0.1, 0.15) is 16.3 Å². The Balaban J connectivity index is 3.44. The number of rotatable bonds is 3. The van der Waals surface area contributed by atoms with Crippen molar-refractivity contribution < 1.29 is 17.7 Å². The predicted octanol–water partition coefficient (Wildman–Crippen LogP) is -0.530. The third-order valence-corrected chi connectivity index (χ3v) is 3.23. The number of aryl methyl sites for hydroxylation is 1. The second-order valence-electron chi connectivity index (χ2n) is 3.77. The number of ether oxygens (including phenoxy) is 1. The minimum Gasteiger partial charge on any atom is -0.494 e. The van der Waals surface area contributed by atoms with Crippen molar-refractivity contribution in [1.29, 1.82) is 0 Å². The fourth-order valence-electron chi connectivity index (χ4n) is 1.46. The molecule has 1 rings (SSSR count). The van der Waals surface area contributed by atoms with Gasteiger partial charge in [0.25, 0.3) is 10.1 Å². The summed E-state index contributed by atoms with van der Waals surface area (Å²) in [6.07, 6.45) is 0. The number of nitrogens with two attached hydrogens (primary N) is 3. The van der Waals surface area contributed by atoms with Crippen LogP contribution in [-0.2, 0) is 10.1 Å².